The van der Waals surface area contributed by atoms with Crippen LogP contribution in [-0.4, -0.2) is 49.0 Å². The molecule has 2 aliphatic rings. The van der Waals surface area contributed by atoms with Gasteiger partial charge in [-0.15, -0.1) is 0 Å². The fraction of sp³-hybridized carbons (Fsp3) is 0.556. The van der Waals surface area contributed by atoms with E-state index in [1.807, 2.05) is 29.2 Å². The first kappa shape index (κ1) is 16.8. The van der Waals surface area contributed by atoms with Gasteiger partial charge in [-0.1, -0.05) is 18.6 Å². The van der Waals surface area contributed by atoms with Crippen LogP contribution in [0.2, 0.25) is 0 Å². The van der Waals surface area contributed by atoms with Crippen molar-refractivity contribution >= 4 is 11.8 Å². The number of nitrogens with zero attached hydrogens (tertiary/aromatic N) is 1. The van der Waals surface area contributed by atoms with Crippen LogP contribution in [0.15, 0.2) is 24.3 Å². The lowest BCUT2D eigenvalue weighted by Crippen LogP contribution is -2.42. The quantitative estimate of drug-likeness (QED) is 0.831. The van der Waals surface area contributed by atoms with Crippen molar-refractivity contribution in [3.63, 3.8) is 0 Å². The zero-order valence-corrected chi connectivity index (χ0v) is 13.9. The van der Waals surface area contributed by atoms with Crippen molar-refractivity contribution in [2.45, 2.75) is 31.7 Å². The van der Waals surface area contributed by atoms with Gasteiger partial charge in [-0.05, 0) is 30.5 Å². The Morgan fingerprint density at radius 2 is 2.04 bits per heavy atom. The molecule has 0 unspecified atom stereocenters. The van der Waals surface area contributed by atoms with E-state index in [2.05, 4.69) is 5.32 Å². The van der Waals surface area contributed by atoms with Gasteiger partial charge in [0.05, 0.1) is 12.3 Å². The predicted molar refractivity (Wildman–Crippen MR) is 90.5 cm³/mol. The second kappa shape index (κ2) is 7.66. The summed E-state index contributed by atoms with van der Waals surface area (Å²) in [6.07, 6.45) is 3.24. The van der Waals surface area contributed by atoms with Gasteiger partial charge in [-0.3, -0.25) is 9.59 Å². The molecule has 0 aromatic heterocycles. The van der Waals surface area contributed by atoms with Crippen LogP contribution in [0.1, 0.15) is 24.8 Å². The first-order valence-electron chi connectivity index (χ1n) is 8.65. The third kappa shape index (κ3) is 4.06. The Bertz CT molecular complexity index is 588. The lowest BCUT2D eigenvalue weighted by atomic mass is 9.99. The van der Waals surface area contributed by atoms with E-state index in [0.717, 1.165) is 30.6 Å². The number of rotatable bonds is 5. The summed E-state index contributed by atoms with van der Waals surface area (Å²) in [6.45, 7) is 2.12. The number of likely N-dealkylation sites (tertiary alicyclic amines) is 1. The Kier molecular flexibility index (Phi) is 5.35. The molecule has 24 heavy (non-hydrogen) atoms. The number of hydrogen-bond acceptors (Lipinski definition) is 4. The van der Waals surface area contributed by atoms with Crippen LogP contribution < -0.4 is 15.8 Å². The number of carbonyl (C=O) groups is 2. The summed E-state index contributed by atoms with van der Waals surface area (Å²) >= 11 is 0. The van der Waals surface area contributed by atoms with Crippen molar-refractivity contribution < 1.29 is 14.3 Å². The van der Waals surface area contributed by atoms with Gasteiger partial charge in [0.15, 0.2) is 0 Å². The van der Waals surface area contributed by atoms with E-state index >= 15 is 0 Å². The summed E-state index contributed by atoms with van der Waals surface area (Å²) in [7, 11) is 0. The van der Waals surface area contributed by atoms with E-state index in [0.29, 0.717) is 32.7 Å². The minimum Gasteiger partial charge on any atom is -0.492 e. The van der Waals surface area contributed by atoms with Gasteiger partial charge in [0.2, 0.25) is 11.8 Å². The van der Waals surface area contributed by atoms with Crippen molar-refractivity contribution in [1.82, 2.24) is 10.2 Å². The maximum absolute atomic E-state index is 12.7. The van der Waals surface area contributed by atoms with Gasteiger partial charge >= 0.3 is 0 Å². The average molecular weight is 331 g/mol. The molecular weight excluding hydrogens is 306 g/mol. The van der Waals surface area contributed by atoms with Gasteiger partial charge in [0.1, 0.15) is 12.4 Å². The summed E-state index contributed by atoms with van der Waals surface area (Å²) in [5.41, 5.74) is 6.36. The van der Waals surface area contributed by atoms with Crippen LogP contribution in [0.25, 0.3) is 0 Å². The Morgan fingerprint density at radius 1 is 1.25 bits per heavy atom. The lowest BCUT2D eigenvalue weighted by Gasteiger charge is -2.27. The van der Waals surface area contributed by atoms with Crippen LogP contribution >= 0.6 is 0 Å². The summed E-state index contributed by atoms with van der Waals surface area (Å²) < 4.78 is 5.44. The maximum atomic E-state index is 12.7. The molecule has 0 aliphatic carbocycles. The zero-order chi connectivity index (χ0) is 16.9. The maximum Gasteiger partial charge on any atom is 0.227 e. The van der Waals surface area contributed by atoms with Crippen LogP contribution in [0.3, 0.4) is 0 Å². The average Bonchev–Trinajstić information content (AvgIpc) is 2.82. The Labute approximate surface area is 142 Å². The molecule has 2 aliphatic heterocycles. The first-order chi connectivity index (χ1) is 11.7. The number of hydrogen-bond donors (Lipinski definition) is 2. The number of carbonyl (C=O) groups excluding carboxylic acids is 2. The summed E-state index contributed by atoms with van der Waals surface area (Å²) in [4.78, 5) is 26.6. The van der Waals surface area contributed by atoms with E-state index in [1.54, 1.807) is 0 Å². The van der Waals surface area contributed by atoms with E-state index < -0.39 is 0 Å². The topological polar surface area (TPSA) is 84.7 Å². The van der Waals surface area contributed by atoms with Gasteiger partial charge < -0.3 is 20.7 Å². The summed E-state index contributed by atoms with van der Waals surface area (Å²) in [5.74, 6) is 0.887. The van der Waals surface area contributed by atoms with Gasteiger partial charge in [0.25, 0.3) is 0 Å². The van der Waals surface area contributed by atoms with Crippen LogP contribution in [0.4, 0.5) is 0 Å². The van der Waals surface area contributed by atoms with Crippen molar-refractivity contribution in [3.8, 4) is 5.75 Å². The molecule has 0 radical (unpaired) electrons. The van der Waals surface area contributed by atoms with Crippen molar-refractivity contribution in [2.75, 3.05) is 26.2 Å². The van der Waals surface area contributed by atoms with E-state index in [4.69, 9.17) is 10.5 Å². The number of ether oxygens (including phenoxy) is 1. The minimum absolute atomic E-state index is 0.0616. The molecule has 2 amide bonds. The normalized spacial score (nSPS) is 23.4. The van der Waals surface area contributed by atoms with Crippen molar-refractivity contribution in [2.24, 2.45) is 11.7 Å². The Balaban J connectivity index is 1.61. The van der Waals surface area contributed by atoms with Crippen molar-refractivity contribution in [3.05, 3.63) is 29.8 Å². The smallest absolute Gasteiger partial charge is 0.227 e. The standard InChI is InChI=1S/C18H25N3O3/c19-8-9-24-16-6-4-13(5-7-16)10-17(22)21-11-14-2-1-3-15(12-21)20-18(14)23/h4-7,14-15H,1-3,8-12,19H2,(H,20,23)/t14-,15+/m1/s1. The number of nitrogens with two attached hydrogens (primary N) is 1. The van der Waals surface area contributed by atoms with E-state index in [1.165, 1.54) is 0 Å². The molecule has 2 fully saturated rings. The van der Waals surface area contributed by atoms with Gasteiger partial charge in [0, 0.05) is 25.7 Å². The van der Waals surface area contributed by atoms with Gasteiger partial charge in [-0.2, -0.15) is 0 Å². The Morgan fingerprint density at radius 3 is 2.79 bits per heavy atom. The van der Waals surface area contributed by atoms with Crippen molar-refractivity contribution in [1.29, 1.82) is 0 Å². The monoisotopic (exact) mass is 331 g/mol. The van der Waals surface area contributed by atoms with Crippen LogP contribution in [-0.2, 0) is 16.0 Å². The molecule has 2 saturated heterocycles. The molecule has 3 N–H and O–H groups in total. The molecule has 1 aromatic carbocycles. The third-order valence-corrected chi connectivity index (χ3v) is 4.72. The molecule has 0 saturated carbocycles. The van der Waals surface area contributed by atoms with E-state index in [9.17, 15) is 9.59 Å². The number of fused-ring (bicyclic) bond motifs is 3. The first-order valence-corrected chi connectivity index (χ1v) is 8.65. The molecule has 2 bridgehead atoms. The van der Waals surface area contributed by atoms with E-state index in [-0.39, 0.29) is 23.8 Å². The highest BCUT2D eigenvalue weighted by Crippen LogP contribution is 2.22. The largest absolute Gasteiger partial charge is 0.492 e. The molecule has 0 spiro atoms. The van der Waals surface area contributed by atoms with Crippen LogP contribution in [0, 0.1) is 5.92 Å². The second-order valence-corrected chi connectivity index (χ2v) is 6.59. The summed E-state index contributed by atoms with van der Waals surface area (Å²) in [5, 5.41) is 3.06. The number of nitrogens with one attached hydrogen (secondary N) is 1. The number of amides is 2. The molecule has 130 valence electrons. The molecule has 6 nitrogen and oxygen atoms in total. The molecule has 2 heterocycles. The molecule has 3 rings (SSSR count). The van der Waals surface area contributed by atoms with Gasteiger partial charge in [-0.25, -0.2) is 0 Å². The highest BCUT2D eigenvalue weighted by Gasteiger charge is 2.34. The Hall–Kier alpha value is -2.08. The molecule has 2 atom stereocenters. The summed E-state index contributed by atoms with van der Waals surface area (Å²) in [6, 6.07) is 7.64. The number of benzene rings is 1. The highest BCUT2D eigenvalue weighted by atomic mass is 16.5. The fourth-order valence-corrected chi connectivity index (χ4v) is 3.42. The molecule has 1 aromatic rings. The second-order valence-electron chi connectivity index (χ2n) is 6.59. The fourth-order valence-electron chi connectivity index (χ4n) is 3.42. The molecule has 6 heteroatoms. The van der Waals surface area contributed by atoms with Crippen LogP contribution in [0.5, 0.6) is 5.75 Å². The lowest BCUT2D eigenvalue weighted by molar-refractivity contribution is -0.131. The SMILES string of the molecule is NCCOc1ccc(CC(=O)N2C[C@@H]3CCC[C@H](C2)C(=O)N3)cc1. The highest BCUT2D eigenvalue weighted by molar-refractivity contribution is 5.83. The minimum atomic E-state index is -0.0616. The molecular formula is C18H25N3O3. The predicted octanol–water partition coefficient (Wildman–Crippen LogP) is 0.694. The third-order valence-electron chi connectivity index (χ3n) is 4.72. The zero-order valence-electron chi connectivity index (χ0n) is 13.9.